The Morgan fingerprint density at radius 2 is 1.89 bits per heavy atom. The average Bonchev–Trinajstić information content (AvgIpc) is 2.57. The van der Waals surface area contributed by atoms with Crippen LogP contribution in [0.2, 0.25) is 5.02 Å². The summed E-state index contributed by atoms with van der Waals surface area (Å²) in [7, 11) is -3.47. The minimum absolute atomic E-state index is 0.105. The highest BCUT2D eigenvalue weighted by atomic mass is 35.5. The molecule has 2 rings (SSSR count). The summed E-state index contributed by atoms with van der Waals surface area (Å²) in [5.41, 5.74) is 3.90. The number of anilines is 1. The lowest BCUT2D eigenvalue weighted by atomic mass is 10.00. The third kappa shape index (κ3) is 6.24. The van der Waals surface area contributed by atoms with Crippen LogP contribution in [0.15, 0.2) is 42.5 Å². The Hall–Kier alpha value is -2.05. The molecule has 0 bridgehead atoms. The predicted octanol–water partition coefficient (Wildman–Crippen LogP) is 4.38. The molecular weight excluding hydrogens is 396 g/mol. The molecule has 28 heavy (non-hydrogen) atoms. The van der Waals surface area contributed by atoms with E-state index in [1.165, 1.54) is 9.87 Å². The standard InChI is InChI=1S/C21H27ClN2O3S/c1-15-10-11-20(16(2)13-15)17(3)23-21(25)9-6-12-24(28(4,26)27)19-8-5-7-18(22)14-19/h5,7-8,10-11,13-14,17H,6,9,12H2,1-4H3,(H,23,25). The van der Waals surface area contributed by atoms with E-state index in [-0.39, 0.29) is 24.9 Å². The molecule has 0 aliphatic rings. The molecule has 7 heteroatoms. The number of carbonyl (C=O) groups is 1. The lowest BCUT2D eigenvalue weighted by Crippen LogP contribution is -2.32. The summed E-state index contributed by atoms with van der Waals surface area (Å²) in [6, 6.07) is 12.7. The maximum atomic E-state index is 12.3. The van der Waals surface area contributed by atoms with Gasteiger partial charge in [-0.25, -0.2) is 8.42 Å². The van der Waals surface area contributed by atoms with E-state index in [0.717, 1.165) is 17.4 Å². The van der Waals surface area contributed by atoms with Gasteiger partial charge in [-0.2, -0.15) is 0 Å². The highest BCUT2D eigenvalue weighted by Crippen LogP contribution is 2.22. The summed E-state index contributed by atoms with van der Waals surface area (Å²) < 4.78 is 25.5. The van der Waals surface area contributed by atoms with Crippen molar-refractivity contribution in [3.8, 4) is 0 Å². The fraction of sp³-hybridized carbons (Fsp3) is 0.381. The fourth-order valence-electron chi connectivity index (χ4n) is 3.20. The molecule has 0 aromatic heterocycles. The van der Waals surface area contributed by atoms with Gasteiger partial charge in [-0.15, -0.1) is 0 Å². The molecule has 0 aliphatic heterocycles. The van der Waals surface area contributed by atoms with Gasteiger partial charge in [0.15, 0.2) is 0 Å². The third-order valence-electron chi connectivity index (χ3n) is 4.53. The summed E-state index contributed by atoms with van der Waals surface area (Å²) in [5.74, 6) is -0.105. The SMILES string of the molecule is Cc1ccc(C(C)NC(=O)CCCN(c2cccc(Cl)c2)S(C)(=O)=O)c(C)c1. The summed E-state index contributed by atoms with van der Waals surface area (Å²) in [6.45, 7) is 6.22. The van der Waals surface area contributed by atoms with Crippen LogP contribution < -0.4 is 9.62 Å². The maximum absolute atomic E-state index is 12.3. The van der Waals surface area contributed by atoms with Gasteiger partial charge in [0.05, 0.1) is 18.0 Å². The van der Waals surface area contributed by atoms with Crippen molar-refractivity contribution in [3.05, 3.63) is 64.2 Å². The molecular formula is C21H27ClN2O3S. The van der Waals surface area contributed by atoms with E-state index in [1.54, 1.807) is 24.3 Å². The van der Waals surface area contributed by atoms with Crippen LogP contribution in [0.25, 0.3) is 0 Å². The Bertz CT molecular complexity index is 944. The van der Waals surface area contributed by atoms with Crippen LogP contribution in [0.3, 0.4) is 0 Å². The monoisotopic (exact) mass is 422 g/mol. The van der Waals surface area contributed by atoms with Gasteiger partial charge in [-0.3, -0.25) is 9.10 Å². The first-order valence-electron chi connectivity index (χ1n) is 9.17. The van der Waals surface area contributed by atoms with Crippen molar-refractivity contribution >= 4 is 33.2 Å². The van der Waals surface area contributed by atoms with Gasteiger partial charge in [0, 0.05) is 18.0 Å². The number of nitrogens with zero attached hydrogens (tertiary/aromatic N) is 1. The fourth-order valence-corrected chi connectivity index (χ4v) is 4.35. The number of amides is 1. The average molecular weight is 423 g/mol. The number of carbonyl (C=O) groups excluding carboxylic acids is 1. The number of aryl methyl sites for hydroxylation is 2. The summed E-state index contributed by atoms with van der Waals surface area (Å²) in [4.78, 5) is 12.3. The number of sulfonamides is 1. The molecule has 1 amide bonds. The number of halogens is 1. The van der Waals surface area contributed by atoms with E-state index in [0.29, 0.717) is 17.1 Å². The highest BCUT2D eigenvalue weighted by molar-refractivity contribution is 7.92. The van der Waals surface area contributed by atoms with Crippen molar-refractivity contribution in [2.24, 2.45) is 0 Å². The molecule has 0 saturated heterocycles. The molecule has 0 aliphatic carbocycles. The van der Waals surface area contributed by atoms with Gasteiger partial charge < -0.3 is 5.32 Å². The first kappa shape index (κ1) is 22.2. The van der Waals surface area contributed by atoms with Crippen LogP contribution in [0.5, 0.6) is 0 Å². The number of benzene rings is 2. The molecule has 0 heterocycles. The maximum Gasteiger partial charge on any atom is 0.232 e. The van der Waals surface area contributed by atoms with Crippen LogP contribution in [0, 0.1) is 13.8 Å². The normalized spacial score (nSPS) is 12.5. The van der Waals surface area contributed by atoms with Crippen LogP contribution >= 0.6 is 11.6 Å². The Kier molecular flexibility index (Phi) is 7.49. The van der Waals surface area contributed by atoms with E-state index in [2.05, 4.69) is 11.4 Å². The van der Waals surface area contributed by atoms with Gasteiger partial charge in [-0.05, 0) is 56.5 Å². The molecule has 2 aromatic carbocycles. The van der Waals surface area contributed by atoms with E-state index >= 15 is 0 Å². The summed E-state index contributed by atoms with van der Waals surface area (Å²) in [6.07, 6.45) is 1.79. The van der Waals surface area contributed by atoms with Crippen molar-refractivity contribution in [3.63, 3.8) is 0 Å². The second-order valence-electron chi connectivity index (χ2n) is 7.07. The lowest BCUT2D eigenvalue weighted by Gasteiger charge is -2.23. The van der Waals surface area contributed by atoms with Crippen LogP contribution in [-0.4, -0.2) is 27.1 Å². The molecule has 0 saturated carbocycles. The van der Waals surface area contributed by atoms with Gasteiger partial charge >= 0.3 is 0 Å². The predicted molar refractivity (Wildman–Crippen MR) is 115 cm³/mol. The van der Waals surface area contributed by atoms with Gasteiger partial charge in [0.25, 0.3) is 0 Å². The molecule has 1 atom stereocenters. The number of nitrogens with one attached hydrogen (secondary N) is 1. The van der Waals surface area contributed by atoms with Crippen molar-refractivity contribution < 1.29 is 13.2 Å². The second-order valence-corrected chi connectivity index (χ2v) is 9.41. The van der Waals surface area contributed by atoms with Gasteiger partial charge in [0.2, 0.25) is 15.9 Å². The van der Waals surface area contributed by atoms with Gasteiger partial charge in [0.1, 0.15) is 0 Å². The van der Waals surface area contributed by atoms with Crippen molar-refractivity contribution in [1.29, 1.82) is 0 Å². The number of rotatable bonds is 8. The summed E-state index contributed by atoms with van der Waals surface area (Å²) >= 11 is 5.98. The zero-order valence-corrected chi connectivity index (χ0v) is 18.3. The van der Waals surface area contributed by atoms with Crippen LogP contribution in [0.4, 0.5) is 5.69 Å². The van der Waals surface area contributed by atoms with Gasteiger partial charge in [-0.1, -0.05) is 41.4 Å². The third-order valence-corrected chi connectivity index (χ3v) is 5.96. The molecule has 152 valence electrons. The topological polar surface area (TPSA) is 66.5 Å². The van der Waals surface area contributed by atoms with E-state index in [1.807, 2.05) is 32.9 Å². The van der Waals surface area contributed by atoms with Crippen LogP contribution in [-0.2, 0) is 14.8 Å². The second kappa shape index (κ2) is 9.43. The number of hydrogen-bond donors (Lipinski definition) is 1. The van der Waals surface area contributed by atoms with E-state index in [9.17, 15) is 13.2 Å². The first-order chi connectivity index (χ1) is 13.1. The molecule has 5 nitrogen and oxygen atoms in total. The molecule has 0 fully saturated rings. The zero-order valence-electron chi connectivity index (χ0n) is 16.7. The Balaban J connectivity index is 1.95. The quantitative estimate of drug-likeness (QED) is 0.686. The molecule has 2 aromatic rings. The smallest absolute Gasteiger partial charge is 0.232 e. The zero-order chi connectivity index (χ0) is 20.9. The van der Waals surface area contributed by atoms with E-state index < -0.39 is 10.0 Å². The number of hydrogen-bond acceptors (Lipinski definition) is 3. The summed E-state index contributed by atoms with van der Waals surface area (Å²) in [5, 5.41) is 3.45. The lowest BCUT2D eigenvalue weighted by molar-refractivity contribution is -0.121. The van der Waals surface area contributed by atoms with Crippen molar-refractivity contribution in [2.45, 2.75) is 39.7 Å². The Morgan fingerprint density at radius 3 is 2.50 bits per heavy atom. The minimum Gasteiger partial charge on any atom is -0.350 e. The molecule has 0 radical (unpaired) electrons. The van der Waals surface area contributed by atoms with Crippen LogP contribution in [0.1, 0.15) is 42.5 Å². The van der Waals surface area contributed by atoms with E-state index in [4.69, 9.17) is 11.6 Å². The Labute approximate surface area is 172 Å². The van der Waals surface area contributed by atoms with Crippen molar-refractivity contribution in [1.82, 2.24) is 5.32 Å². The molecule has 0 spiro atoms. The largest absolute Gasteiger partial charge is 0.350 e. The van der Waals surface area contributed by atoms with Crippen molar-refractivity contribution in [2.75, 3.05) is 17.1 Å². The highest BCUT2D eigenvalue weighted by Gasteiger charge is 2.18. The molecule has 1 unspecified atom stereocenters. The first-order valence-corrected chi connectivity index (χ1v) is 11.4. The Morgan fingerprint density at radius 1 is 1.18 bits per heavy atom. The molecule has 1 N–H and O–H groups in total. The minimum atomic E-state index is -3.47.